The van der Waals surface area contributed by atoms with Gasteiger partial charge in [0.05, 0.1) is 32.6 Å². The number of para-hydroxylation sites is 1. The topological polar surface area (TPSA) is 52.5 Å². The molecule has 2 aliphatic heterocycles. The third-order valence-electron chi connectivity index (χ3n) is 6.60. The molecule has 0 N–H and O–H groups in total. The van der Waals surface area contributed by atoms with Crippen molar-refractivity contribution in [2.24, 2.45) is 5.10 Å². The van der Waals surface area contributed by atoms with Crippen molar-refractivity contribution in [1.29, 1.82) is 0 Å². The molecule has 0 bridgehead atoms. The molecule has 0 saturated carbocycles. The van der Waals surface area contributed by atoms with Gasteiger partial charge in [-0.25, -0.2) is 5.01 Å². The number of hydrazone groups is 1. The highest BCUT2D eigenvalue weighted by Gasteiger charge is 2.41. The molecule has 0 saturated heterocycles. The summed E-state index contributed by atoms with van der Waals surface area (Å²) in [6, 6.07) is 22.4. The SMILES string of the molecule is CCCCCOc1ccc([C@H]2Oc3ccccc3[C@H]3CC(c4ccc(OC)cc4)=NN32)cc1OC. The maximum Gasteiger partial charge on any atom is 0.214 e. The van der Waals surface area contributed by atoms with E-state index in [-0.39, 0.29) is 12.3 Å². The monoisotopic (exact) mass is 472 g/mol. The molecule has 35 heavy (non-hydrogen) atoms. The van der Waals surface area contributed by atoms with Gasteiger partial charge in [-0.05, 0) is 60.5 Å². The molecule has 6 nitrogen and oxygen atoms in total. The highest BCUT2D eigenvalue weighted by molar-refractivity contribution is 6.02. The molecule has 3 aromatic rings. The Balaban J connectivity index is 1.46. The number of benzene rings is 3. The van der Waals surface area contributed by atoms with Crippen molar-refractivity contribution in [1.82, 2.24) is 5.01 Å². The molecule has 2 atom stereocenters. The first kappa shape index (κ1) is 23.1. The van der Waals surface area contributed by atoms with E-state index in [0.717, 1.165) is 65.3 Å². The fraction of sp³-hybridized carbons (Fsp3) is 0.345. The summed E-state index contributed by atoms with van der Waals surface area (Å²) >= 11 is 0. The fourth-order valence-corrected chi connectivity index (χ4v) is 4.70. The maximum atomic E-state index is 6.51. The van der Waals surface area contributed by atoms with Crippen molar-refractivity contribution in [2.75, 3.05) is 20.8 Å². The van der Waals surface area contributed by atoms with Crippen LogP contribution in [0.2, 0.25) is 0 Å². The molecule has 3 aromatic carbocycles. The van der Waals surface area contributed by atoms with E-state index in [4.69, 9.17) is 24.0 Å². The second kappa shape index (κ2) is 10.3. The van der Waals surface area contributed by atoms with Crippen LogP contribution in [0.5, 0.6) is 23.0 Å². The van der Waals surface area contributed by atoms with E-state index >= 15 is 0 Å². The molecule has 5 rings (SSSR count). The Morgan fingerprint density at radius 3 is 2.54 bits per heavy atom. The van der Waals surface area contributed by atoms with E-state index in [2.05, 4.69) is 36.2 Å². The molecule has 0 spiro atoms. The van der Waals surface area contributed by atoms with Crippen LogP contribution in [-0.2, 0) is 0 Å². The van der Waals surface area contributed by atoms with Gasteiger partial charge in [0.15, 0.2) is 11.5 Å². The lowest BCUT2D eigenvalue weighted by atomic mass is 9.96. The molecule has 0 radical (unpaired) electrons. The third kappa shape index (κ3) is 4.65. The van der Waals surface area contributed by atoms with Gasteiger partial charge in [0.25, 0.3) is 0 Å². The van der Waals surface area contributed by atoms with Crippen LogP contribution in [0.3, 0.4) is 0 Å². The average Bonchev–Trinajstić information content (AvgIpc) is 3.36. The molecule has 0 amide bonds. The van der Waals surface area contributed by atoms with Crippen LogP contribution in [0.4, 0.5) is 0 Å². The van der Waals surface area contributed by atoms with Crippen molar-refractivity contribution in [3.05, 3.63) is 83.4 Å². The quantitative estimate of drug-likeness (QED) is 0.332. The number of unbranched alkanes of at least 4 members (excludes halogenated alkanes) is 2. The van der Waals surface area contributed by atoms with E-state index in [0.29, 0.717) is 12.4 Å². The van der Waals surface area contributed by atoms with Crippen LogP contribution >= 0.6 is 0 Å². The van der Waals surface area contributed by atoms with E-state index in [9.17, 15) is 0 Å². The van der Waals surface area contributed by atoms with Crippen molar-refractivity contribution < 1.29 is 18.9 Å². The zero-order valence-corrected chi connectivity index (χ0v) is 20.6. The van der Waals surface area contributed by atoms with E-state index in [1.165, 1.54) is 0 Å². The van der Waals surface area contributed by atoms with Gasteiger partial charge in [-0.2, -0.15) is 5.10 Å². The van der Waals surface area contributed by atoms with Crippen LogP contribution in [0.15, 0.2) is 71.8 Å². The number of nitrogens with zero attached hydrogens (tertiary/aromatic N) is 2. The highest BCUT2D eigenvalue weighted by atomic mass is 16.5. The summed E-state index contributed by atoms with van der Waals surface area (Å²) in [5.74, 6) is 3.19. The van der Waals surface area contributed by atoms with E-state index in [1.54, 1.807) is 14.2 Å². The lowest BCUT2D eigenvalue weighted by Gasteiger charge is -2.38. The number of methoxy groups -OCH3 is 2. The summed E-state index contributed by atoms with van der Waals surface area (Å²) in [7, 11) is 3.35. The van der Waals surface area contributed by atoms with Crippen molar-refractivity contribution in [3.8, 4) is 23.0 Å². The van der Waals surface area contributed by atoms with Gasteiger partial charge in [-0.1, -0.05) is 38.0 Å². The summed E-state index contributed by atoms with van der Waals surface area (Å²) < 4.78 is 23.5. The number of ether oxygens (including phenoxy) is 4. The zero-order chi connectivity index (χ0) is 24.2. The molecule has 0 unspecified atom stereocenters. The molecule has 2 aliphatic rings. The number of hydrogen-bond donors (Lipinski definition) is 0. The molecule has 182 valence electrons. The largest absolute Gasteiger partial charge is 0.497 e. The van der Waals surface area contributed by atoms with E-state index in [1.807, 2.05) is 42.5 Å². The summed E-state index contributed by atoms with van der Waals surface area (Å²) in [6.45, 7) is 2.87. The minimum atomic E-state index is -0.367. The normalized spacial score (nSPS) is 18.3. The maximum absolute atomic E-state index is 6.51. The van der Waals surface area contributed by atoms with E-state index < -0.39 is 0 Å². The Morgan fingerprint density at radius 1 is 0.943 bits per heavy atom. The molecule has 0 aromatic heterocycles. The Hall–Kier alpha value is -3.67. The first-order valence-electron chi connectivity index (χ1n) is 12.3. The zero-order valence-electron chi connectivity index (χ0n) is 20.6. The first-order valence-corrected chi connectivity index (χ1v) is 12.3. The fourth-order valence-electron chi connectivity index (χ4n) is 4.70. The van der Waals surface area contributed by atoms with Crippen LogP contribution in [-0.4, -0.2) is 31.5 Å². The molecule has 0 fully saturated rings. The Bertz CT molecular complexity index is 1190. The standard InChI is InChI=1S/C29H32N2O4/c1-4-5-8-17-34-27-16-13-21(18-28(27)33-3)29-31-25(23-9-6-7-10-26(23)35-29)19-24(30-31)20-11-14-22(32-2)15-12-20/h6-7,9-16,18,25,29H,4-5,8,17,19H2,1-3H3/t25-,29-/m1/s1. The Kier molecular flexibility index (Phi) is 6.80. The number of fused-ring (bicyclic) bond motifs is 3. The second-order valence-corrected chi connectivity index (χ2v) is 8.85. The van der Waals surface area contributed by atoms with Crippen LogP contribution in [0, 0.1) is 0 Å². The van der Waals surface area contributed by atoms with Crippen molar-refractivity contribution in [3.63, 3.8) is 0 Å². The summed E-state index contributed by atoms with van der Waals surface area (Å²) in [5.41, 5.74) is 4.25. The summed E-state index contributed by atoms with van der Waals surface area (Å²) in [6.07, 6.45) is 3.78. The molecule has 0 aliphatic carbocycles. The number of rotatable bonds is 9. The Morgan fingerprint density at radius 2 is 1.77 bits per heavy atom. The number of hydrogen-bond acceptors (Lipinski definition) is 6. The molecule has 6 heteroatoms. The highest BCUT2D eigenvalue weighted by Crippen LogP contribution is 2.48. The summed E-state index contributed by atoms with van der Waals surface area (Å²) in [4.78, 5) is 0. The lowest BCUT2D eigenvalue weighted by Crippen LogP contribution is -2.33. The summed E-state index contributed by atoms with van der Waals surface area (Å²) in [5, 5.41) is 7.13. The first-order chi connectivity index (χ1) is 17.2. The third-order valence-corrected chi connectivity index (χ3v) is 6.60. The van der Waals surface area contributed by atoms with Gasteiger partial charge in [0.1, 0.15) is 11.5 Å². The van der Waals surface area contributed by atoms with Gasteiger partial charge in [-0.3, -0.25) is 0 Å². The van der Waals surface area contributed by atoms with Gasteiger partial charge < -0.3 is 18.9 Å². The smallest absolute Gasteiger partial charge is 0.214 e. The Labute approximate surface area is 207 Å². The predicted molar refractivity (Wildman–Crippen MR) is 137 cm³/mol. The van der Waals surface area contributed by atoms with Gasteiger partial charge in [-0.15, -0.1) is 0 Å². The average molecular weight is 473 g/mol. The second-order valence-electron chi connectivity index (χ2n) is 8.85. The predicted octanol–water partition coefficient (Wildman–Crippen LogP) is 6.52. The van der Waals surface area contributed by atoms with Crippen molar-refractivity contribution >= 4 is 5.71 Å². The van der Waals surface area contributed by atoms with Gasteiger partial charge in [0, 0.05) is 17.5 Å². The lowest BCUT2D eigenvalue weighted by molar-refractivity contribution is -0.0191. The van der Waals surface area contributed by atoms with Gasteiger partial charge >= 0.3 is 0 Å². The van der Waals surface area contributed by atoms with Crippen LogP contribution in [0.1, 0.15) is 61.6 Å². The van der Waals surface area contributed by atoms with Crippen molar-refractivity contribution in [2.45, 2.75) is 44.9 Å². The molecular formula is C29H32N2O4. The molecule has 2 heterocycles. The van der Waals surface area contributed by atoms with Gasteiger partial charge in [0.2, 0.25) is 6.23 Å². The minimum absolute atomic E-state index is 0.0954. The minimum Gasteiger partial charge on any atom is -0.497 e. The van der Waals surface area contributed by atoms with Crippen LogP contribution in [0.25, 0.3) is 0 Å². The van der Waals surface area contributed by atoms with Crippen LogP contribution < -0.4 is 18.9 Å². The molecular weight excluding hydrogens is 440 g/mol.